The van der Waals surface area contributed by atoms with E-state index in [4.69, 9.17) is 16.3 Å². The number of carbonyl (C=O) groups is 1. The largest absolute Gasteiger partial charge is 0.420 e. The zero-order valence-electron chi connectivity index (χ0n) is 14.3. The van der Waals surface area contributed by atoms with E-state index in [1.807, 2.05) is 0 Å². The van der Waals surface area contributed by atoms with Crippen LogP contribution in [0.25, 0.3) is 5.69 Å². The quantitative estimate of drug-likeness (QED) is 0.475. The van der Waals surface area contributed by atoms with Crippen molar-refractivity contribution in [3.63, 3.8) is 0 Å². The molecule has 0 fully saturated rings. The SMILES string of the molecule is Cc1cc(=O)c(C(=O)Oc2ccccc2Cl)nn1-c1ccccc1C(F)(F)F. The molecule has 0 aliphatic heterocycles. The summed E-state index contributed by atoms with van der Waals surface area (Å²) in [5.74, 6) is -1.13. The number of benzene rings is 2. The van der Waals surface area contributed by atoms with Gasteiger partial charge >= 0.3 is 12.1 Å². The van der Waals surface area contributed by atoms with Crippen molar-refractivity contribution in [1.82, 2.24) is 9.78 Å². The average molecular weight is 409 g/mol. The van der Waals surface area contributed by atoms with Gasteiger partial charge in [-0.1, -0.05) is 35.9 Å². The minimum atomic E-state index is -4.65. The summed E-state index contributed by atoms with van der Waals surface area (Å²) in [6.07, 6.45) is -4.65. The second-order valence-electron chi connectivity index (χ2n) is 5.75. The third-order valence-electron chi connectivity index (χ3n) is 3.78. The highest BCUT2D eigenvalue weighted by molar-refractivity contribution is 6.32. The number of ether oxygens (including phenoxy) is 1. The molecule has 0 N–H and O–H groups in total. The fourth-order valence-electron chi connectivity index (χ4n) is 2.51. The number of alkyl halides is 3. The van der Waals surface area contributed by atoms with Gasteiger partial charge in [0.05, 0.1) is 16.3 Å². The van der Waals surface area contributed by atoms with Crippen molar-refractivity contribution >= 4 is 17.6 Å². The third kappa shape index (κ3) is 3.91. The zero-order chi connectivity index (χ0) is 20.5. The molecule has 0 atom stereocenters. The van der Waals surface area contributed by atoms with Gasteiger partial charge in [0.25, 0.3) is 0 Å². The second-order valence-corrected chi connectivity index (χ2v) is 6.15. The van der Waals surface area contributed by atoms with Crippen LogP contribution in [0.5, 0.6) is 5.75 Å². The van der Waals surface area contributed by atoms with Gasteiger partial charge in [-0.3, -0.25) is 4.79 Å². The van der Waals surface area contributed by atoms with E-state index in [9.17, 15) is 22.8 Å². The normalized spacial score (nSPS) is 11.3. The summed E-state index contributed by atoms with van der Waals surface area (Å²) in [4.78, 5) is 24.6. The van der Waals surface area contributed by atoms with Crippen LogP contribution in [0.4, 0.5) is 13.2 Å². The number of esters is 1. The van der Waals surface area contributed by atoms with Crippen LogP contribution >= 0.6 is 11.6 Å². The van der Waals surface area contributed by atoms with Gasteiger partial charge in [-0.2, -0.15) is 18.3 Å². The molecule has 28 heavy (non-hydrogen) atoms. The molecule has 2 aromatic carbocycles. The lowest BCUT2D eigenvalue weighted by Gasteiger charge is -2.16. The Kier molecular flexibility index (Phi) is 5.24. The van der Waals surface area contributed by atoms with Gasteiger partial charge < -0.3 is 4.74 Å². The van der Waals surface area contributed by atoms with Gasteiger partial charge in [-0.05, 0) is 31.2 Å². The Balaban J connectivity index is 2.09. The first-order valence-electron chi connectivity index (χ1n) is 7.93. The Bertz CT molecular complexity index is 1110. The number of hydrogen-bond acceptors (Lipinski definition) is 4. The Hall–Kier alpha value is -3.13. The van der Waals surface area contributed by atoms with Crippen molar-refractivity contribution in [2.75, 3.05) is 0 Å². The van der Waals surface area contributed by atoms with Crippen molar-refractivity contribution < 1.29 is 22.7 Å². The lowest BCUT2D eigenvalue weighted by molar-refractivity contribution is -0.137. The maximum atomic E-state index is 13.3. The van der Waals surface area contributed by atoms with Crippen LogP contribution in [-0.2, 0) is 6.18 Å². The molecule has 9 heteroatoms. The van der Waals surface area contributed by atoms with Crippen LogP contribution in [0.15, 0.2) is 59.4 Å². The van der Waals surface area contributed by atoms with Gasteiger partial charge in [0.2, 0.25) is 11.1 Å². The number of aromatic nitrogens is 2. The molecule has 3 rings (SSSR count). The van der Waals surface area contributed by atoms with E-state index in [0.29, 0.717) is 0 Å². The second kappa shape index (κ2) is 7.47. The molecule has 3 aromatic rings. The number of rotatable bonds is 3. The van der Waals surface area contributed by atoms with Gasteiger partial charge in [-0.15, -0.1) is 0 Å². The van der Waals surface area contributed by atoms with E-state index in [1.165, 1.54) is 37.3 Å². The zero-order valence-corrected chi connectivity index (χ0v) is 15.1. The van der Waals surface area contributed by atoms with Gasteiger partial charge in [-0.25, -0.2) is 9.48 Å². The Morgan fingerprint density at radius 2 is 1.75 bits per heavy atom. The minimum Gasteiger partial charge on any atom is -0.420 e. The summed E-state index contributed by atoms with van der Waals surface area (Å²) < 4.78 is 45.9. The molecule has 0 aliphatic carbocycles. The smallest absolute Gasteiger partial charge is 0.418 e. The lowest BCUT2D eigenvalue weighted by atomic mass is 10.1. The standard InChI is InChI=1S/C19H12ClF3N2O3/c1-11-10-15(26)17(18(27)28-16-9-5-3-7-13(16)20)24-25(11)14-8-4-2-6-12(14)19(21,22)23/h2-10H,1H3. The molecule has 0 amide bonds. The molecule has 1 heterocycles. The van der Waals surface area contributed by atoms with Crippen LogP contribution < -0.4 is 10.2 Å². The molecule has 0 bridgehead atoms. The molecule has 0 spiro atoms. The number of nitrogens with zero attached hydrogens (tertiary/aromatic N) is 2. The highest BCUT2D eigenvalue weighted by Gasteiger charge is 2.34. The molecule has 0 aliphatic rings. The van der Waals surface area contributed by atoms with Crippen molar-refractivity contribution in [3.8, 4) is 11.4 Å². The fraction of sp³-hybridized carbons (Fsp3) is 0.105. The van der Waals surface area contributed by atoms with Crippen LogP contribution in [-0.4, -0.2) is 15.7 Å². The van der Waals surface area contributed by atoms with Crippen molar-refractivity contribution in [3.05, 3.63) is 86.8 Å². The number of carbonyl (C=O) groups excluding carboxylic acids is 1. The maximum Gasteiger partial charge on any atom is 0.418 e. The number of halogens is 4. The fourth-order valence-corrected chi connectivity index (χ4v) is 2.68. The molecule has 0 saturated heterocycles. The van der Waals surface area contributed by atoms with Gasteiger partial charge in [0.1, 0.15) is 5.75 Å². The first-order chi connectivity index (χ1) is 13.2. The van der Waals surface area contributed by atoms with E-state index >= 15 is 0 Å². The van der Waals surface area contributed by atoms with E-state index in [-0.39, 0.29) is 22.2 Å². The van der Waals surface area contributed by atoms with Crippen LogP contribution in [0, 0.1) is 6.92 Å². The Morgan fingerprint density at radius 3 is 2.43 bits per heavy atom. The van der Waals surface area contributed by atoms with E-state index in [1.54, 1.807) is 12.1 Å². The average Bonchev–Trinajstić information content (AvgIpc) is 2.63. The highest BCUT2D eigenvalue weighted by atomic mass is 35.5. The molecule has 0 radical (unpaired) electrons. The summed E-state index contributed by atoms with van der Waals surface area (Å²) >= 11 is 5.91. The summed E-state index contributed by atoms with van der Waals surface area (Å²) in [6.45, 7) is 1.41. The molecule has 0 saturated carbocycles. The topological polar surface area (TPSA) is 61.2 Å². The predicted octanol–water partition coefficient (Wildman–Crippen LogP) is 4.43. The van der Waals surface area contributed by atoms with E-state index in [0.717, 1.165) is 16.8 Å². The van der Waals surface area contributed by atoms with Gasteiger partial charge in [0.15, 0.2) is 0 Å². The minimum absolute atomic E-state index is 0.00168. The third-order valence-corrected chi connectivity index (χ3v) is 4.09. The van der Waals surface area contributed by atoms with Crippen molar-refractivity contribution in [2.45, 2.75) is 13.1 Å². The molecule has 144 valence electrons. The molecule has 5 nitrogen and oxygen atoms in total. The monoisotopic (exact) mass is 408 g/mol. The molecular weight excluding hydrogens is 397 g/mol. The summed E-state index contributed by atoms with van der Waals surface area (Å²) in [6, 6.07) is 11.8. The highest BCUT2D eigenvalue weighted by Crippen LogP contribution is 2.33. The molecular formula is C19H12ClF3N2O3. The first-order valence-corrected chi connectivity index (χ1v) is 8.30. The number of para-hydroxylation sites is 2. The summed E-state index contributed by atoms with van der Waals surface area (Å²) in [7, 11) is 0. The predicted molar refractivity (Wildman–Crippen MR) is 96.0 cm³/mol. The van der Waals surface area contributed by atoms with Crippen LogP contribution in [0.1, 0.15) is 21.7 Å². The maximum absolute atomic E-state index is 13.3. The number of aryl methyl sites for hydroxylation is 1. The van der Waals surface area contributed by atoms with Crippen LogP contribution in [0.2, 0.25) is 5.02 Å². The lowest BCUT2D eigenvalue weighted by Crippen LogP contribution is -2.26. The van der Waals surface area contributed by atoms with Crippen molar-refractivity contribution in [1.29, 1.82) is 0 Å². The summed E-state index contributed by atoms with van der Waals surface area (Å²) in [5.41, 5.74) is -2.60. The van der Waals surface area contributed by atoms with E-state index < -0.39 is 28.8 Å². The summed E-state index contributed by atoms with van der Waals surface area (Å²) in [5, 5.41) is 3.96. The number of hydrogen-bond donors (Lipinski definition) is 0. The Morgan fingerprint density at radius 1 is 1.11 bits per heavy atom. The van der Waals surface area contributed by atoms with Crippen molar-refractivity contribution in [2.24, 2.45) is 0 Å². The van der Waals surface area contributed by atoms with Crippen LogP contribution in [0.3, 0.4) is 0 Å². The molecule has 1 aromatic heterocycles. The Labute approximate surface area is 161 Å². The first kappa shape index (κ1) is 19.6. The van der Waals surface area contributed by atoms with E-state index in [2.05, 4.69) is 5.10 Å². The van der Waals surface area contributed by atoms with Gasteiger partial charge in [0, 0.05) is 11.8 Å². The molecule has 0 unspecified atom stereocenters.